The fourth-order valence-corrected chi connectivity index (χ4v) is 6.38. The van der Waals surface area contributed by atoms with E-state index >= 15 is 0 Å². The number of carbonyl (C=O) groups excluding carboxylic acids is 2. The third kappa shape index (κ3) is 1.93. The van der Waals surface area contributed by atoms with Crippen LogP contribution in [0.25, 0.3) is 0 Å². The van der Waals surface area contributed by atoms with Gasteiger partial charge in [0.25, 0.3) is 0 Å². The van der Waals surface area contributed by atoms with Gasteiger partial charge in [-0.05, 0) is 86.3 Å². The van der Waals surface area contributed by atoms with E-state index in [0.29, 0.717) is 29.8 Å². The average molecular weight is 312 g/mol. The number of carbonyl (C=O) groups is 2. The number of hydrogen-bond acceptors (Lipinski definition) is 2. The smallest absolute Gasteiger partial charge is 0.156 e. The van der Waals surface area contributed by atoms with Crippen molar-refractivity contribution in [3.05, 3.63) is 22.8 Å². The van der Waals surface area contributed by atoms with Gasteiger partial charge in [-0.15, -0.1) is 0 Å². The second kappa shape index (κ2) is 4.91. The Morgan fingerprint density at radius 3 is 2.61 bits per heavy atom. The van der Waals surface area contributed by atoms with Gasteiger partial charge in [0.15, 0.2) is 5.78 Å². The summed E-state index contributed by atoms with van der Waals surface area (Å²) in [4.78, 5) is 24.1. The first-order valence-electron chi connectivity index (χ1n) is 9.33. The molecule has 0 aromatic rings. The highest BCUT2D eigenvalue weighted by Crippen LogP contribution is 2.66. The lowest BCUT2D eigenvalue weighted by molar-refractivity contribution is -0.134. The lowest BCUT2D eigenvalue weighted by atomic mass is 9.52. The number of hydrogen-bond donors (Lipinski definition) is 0. The maximum absolute atomic E-state index is 12.4. The van der Waals surface area contributed by atoms with E-state index in [-0.39, 0.29) is 10.8 Å². The molecule has 4 aliphatic rings. The van der Waals surface area contributed by atoms with Crippen LogP contribution >= 0.6 is 0 Å². The zero-order chi connectivity index (χ0) is 16.4. The fourth-order valence-electron chi connectivity index (χ4n) is 6.38. The van der Waals surface area contributed by atoms with E-state index < -0.39 is 0 Å². The van der Waals surface area contributed by atoms with Crippen molar-refractivity contribution < 1.29 is 9.59 Å². The van der Waals surface area contributed by atoms with Crippen LogP contribution in [0, 0.1) is 22.7 Å². The summed E-state index contributed by atoms with van der Waals surface area (Å²) in [5, 5.41) is 0. The Bertz CT molecular complexity index is 653. The zero-order valence-electron chi connectivity index (χ0n) is 14.7. The fraction of sp³-hybridized carbons (Fsp3) is 0.714. The maximum Gasteiger partial charge on any atom is 0.156 e. The molecule has 0 N–H and O–H groups in total. The SMILES string of the molecule is CC(=O)[C@]1(C)CC[C@@H]2[C@H]3CCC4=CC(=O)CCC4=C3CC[C@]21C. The second-order valence-electron chi connectivity index (χ2n) is 8.74. The van der Waals surface area contributed by atoms with Crippen LogP contribution in [0.3, 0.4) is 0 Å². The molecule has 0 unspecified atom stereocenters. The summed E-state index contributed by atoms with van der Waals surface area (Å²) in [7, 11) is 0. The standard InChI is InChI=1S/C21H28O2/c1-13(22)20(2)11-9-19-18-6-4-14-12-15(23)5-7-16(14)17(18)8-10-21(19,20)3/h12,18-19H,4-11H2,1-3H3/t18-,19+,20-,21+/m0/s1. The summed E-state index contributed by atoms with van der Waals surface area (Å²) < 4.78 is 0. The van der Waals surface area contributed by atoms with Crippen molar-refractivity contribution in [1.29, 1.82) is 0 Å². The van der Waals surface area contributed by atoms with E-state index in [4.69, 9.17) is 0 Å². The molecule has 2 heteroatoms. The van der Waals surface area contributed by atoms with Crippen molar-refractivity contribution in [3.8, 4) is 0 Å². The van der Waals surface area contributed by atoms with Gasteiger partial charge >= 0.3 is 0 Å². The minimum atomic E-state index is -0.132. The molecule has 2 saturated carbocycles. The largest absolute Gasteiger partial charge is 0.299 e. The van der Waals surface area contributed by atoms with Gasteiger partial charge in [0.2, 0.25) is 0 Å². The van der Waals surface area contributed by atoms with Crippen LogP contribution < -0.4 is 0 Å². The molecule has 4 atom stereocenters. The molecule has 0 aromatic carbocycles. The Balaban J connectivity index is 1.74. The number of ketones is 2. The molecule has 0 heterocycles. The summed E-state index contributed by atoms with van der Waals surface area (Å²) in [5.41, 5.74) is 4.55. The Labute approximate surface area is 139 Å². The van der Waals surface area contributed by atoms with Crippen molar-refractivity contribution in [2.45, 2.75) is 72.1 Å². The highest BCUT2D eigenvalue weighted by atomic mass is 16.1. The minimum absolute atomic E-state index is 0.132. The van der Waals surface area contributed by atoms with Crippen LogP contribution in [-0.2, 0) is 9.59 Å². The molecule has 23 heavy (non-hydrogen) atoms. The summed E-state index contributed by atoms with van der Waals surface area (Å²) in [5.74, 6) is 2.02. The van der Waals surface area contributed by atoms with Crippen LogP contribution in [0.5, 0.6) is 0 Å². The van der Waals surface area contributed by atoms with Gasteiger partial charge in [0, 0.05) is 11.8 Å². The van der Waals surface area contributed by atoms with Crippen molar-refractivity contribution in [2.24, 2.45) is 22.7 Å². The van der Waals surface area contributed by atoms with Gasteiger partial charge < -0.3 is 0 Å². The number of fused-ring (bicyclic) bond motifs is 4. The van der Waals surface area contributed by atoms with Crippen molar-refractivity contribution in [1.82, 2.24) is 0 Å². The molecule has 0 spiro atoms. The van der Waals surface area contributed by atoms with Crippen LogP contribution in [0.2, 0.25) is 0 Å². The van der Waals surface area contributed by atoms with Crippen LogP contribution in [-0.4, -0.2) is 11.6 Å². The van der Waals surface area contributed by atoms with E-state index in [1.165, 1.54) is 24.0 Å². The van der Waals surface area contributed by atoms with Gasteiger partial charge in [-0.25, -0.2) is 0 Å². The quantitative estimate of drug-likeness (QED) is 0.697. The van der Waals surface area contributed by atoms with Gasteiger partial charge in [0.05, 0.1) is 0 Å². The van der Waals surface area contributed by atoms with Gasteiger partial charge in [-0.1, -0.05) is 19.4 Å². The van der Waals surface area contributed by atoms with Crippen LogP contribution in [0.1, 0.15) is 72.1 Å². The van der Waals surface area contributed by atoms with Gasteiger partial charge in [0.1, 0.15) is 5.78 Å². The van der Waals surface area contributed by atoms with E-state index in [1.54, 1.807) is 12.5 Å². The molecule has 0 aromatic heterocycles. The molecule has 0 aliphatic heterocycles. The Morgan fingerprint density at radius 1 is 1.09 bits per heavy atom. The summed E-state index contributed by atoms with van der Waals surface area (Å²) >= 11 is 0. The van der Waals surface area contributed by atoms with Crippen molar-refractivity contribution in [3.63, 3.8) is 0 Å². The first-order valence-corrected chi connectivity index (χ1v) is 9.33. The number of Topliss-reactive ketones (excluding diaryl/α,β-unsaturated/α-hetero) is 1. The van der Waals surface area contributed by atoms with E-state index in [1.807, 2.05) is 6.08 Å². The molecule has 0 radical (unpaired) electrons. The maximum atomic E-state index is 12.4. The normalized spacial score (nSPS) is 42.7. The molecule has 124 valence electrons. The monoisotopic (exact) mass is 312 g/mol. The molecular formula is C21H28O2. The lowest BCUT2D eigenvalue weighted by Crippen LogP contribution is -2.47. The molecule has 4 rings (SSSR count). The zero-order valence-corrected chi connectivity index (χ0v) is 14.7. The molecule has 4 aliphatic carbocycles. The van der Waals surface area contributed by atoms with Crippen molar-refractivity contribution >= 4 is 11.6 Å². The highest BCUT2D eigenvalue weighted by molar-refractivity contribution is 5.93. The summed E-state index contributed by atoms with van der Waals surface area (Å²) in [6.45, 7) is 6.42. The van der Waals surface area contributed by atoms with Gasteiger partial charge in [-0.3, -0.25) is 9.59 Å². The van der Waals surface area contributed by atoms with E-state index in [0.717, 1.165) is 32.1 Å². The lowest BCUT2D eigenvalue weighted by Gasteiger charge is -2.52. The van der Waals surface area contributed by atoms with Gasteiger partial charge in [-0.2, -0.15) is 0 Å². The topological polar surface area (TPSA) is 34.1 Å². The molecular weight excluding hydrogens is 284 g/mol. The average Bonchev–Trinajstić information content (AvgIpc) is 2.80. The predicted molar refractivity (Wildman–Crippen MR) is 90.9 cm³/mol. The Kier molecular flexibility index (Phi) is 3.28. The highest BCUT2D eigenvalue weighted by Gasteiger charge is 2.60. The Hall–Kier alpha value is -1.18. The number of rotatable bonds is 1. The number of allylic oxidation sites excluding steroid dienone is 4. The third-order valence-electron chi connectivity index (χ3n) is 8.11. The molecule has 0 saturated heterocycles. The van der Waals surface area contributed by atoms with E-state index in [2.05, 4.69) is 13.8 Å². The third-order valence-corrected chi connectivity index (χ3v) is 8.11. The van der Waals surface area contributed by atoms with Crippen LogP contribution in [0.15, 0.2) is 22.8 Å². The molecule has 2 fully saturated rings. The van der Waals surface area contributed by atoms with Crippen LogP contribution in [0.4, 0.5) is 0 Å². The molecule has 0 amide bonds. The summed E-state index contributed by atoms with van der Waals surface area (Å²) in [6.07, 6.45) is 10.4. The first kappa shape index (κ1) is 15.4. The van der Waals surface area contributed by atoms with Crippen molar-refractivity contribution in [2.75, 3.05) is 0 Å². The first-order chi connectivity index (χ1) is 10.9. The Morgan fingerprint density at radius 2 is 1.87 bits per heavy atom. The second-order valence-corrected chi connectivity index (χ2v) is 8.74. The van der Waals surface area contributed by atoms with E-state index in [9.17, 15) is 9.59 Å². The molecule has 0 bridgehead atoms. The molecule has 2 nitrogen and oxygen atoms in total. The predicted octanol–water partition coefficient (Wildman–Crippen LogP) is 4.79. The summed E-state index contributed by atoms with van der Waals surface area (Å²) in [6, 6.07) is 0. The minimum Gasteiger partial charge on any atom is -0.299 e.